The maximum absolute atomic E-state index is 12.3. The van der Waals surface area contributed by atoms with Crippen molar-refractivity contribution in [3.05, 3.63) is 21.9 Å². The summed E-state index contributed by atoms with van der Waals surface area (Å²) >= 11 is 1.63. The summed E-state index contributed by atoms with van der Waals surface area (Å²) in [7, 11) is 0. The Labute approximate surface area is 148 Å². The number of carbonyl (C=O) groups is 1. The fraction of sp³-hybridized carbons (Fsp3) is 0.706. The average molecular weight is 356 g/mol. The molecule has 0 aromatic carbocycles. The molecule has 1 aliphatic rings. The van der Waals surface area contributed by atoms with Gasteiger partial charge in [0.25, 0.3) is 0 Å². The number of likely N-dealkylation sites (tertiary alicyclic amines) is 1. The summed E-state index contributed by atoms with van der Waals surface area (Å²) in [6, 6.07) is 1.91. The lowest BCUT2D eigenvalue weighted by Crippen LogP contribution is -2.43. The summed E-state index contributed by atoms with van der Waals surface area (Å²) in [6.07, 6.45) is 2.59. The number of aliphatic hydroxyl groups is 2. The quantitative estimate of drug-likeness (QED) is 0.616. The molecule has 1 saturated heterocycles. The largest absolute Gasteiger partial charge is 0.395 e. The minimum absolute atomic E-state index is 0.0382. The highest BCUT2D eigenvalue weighted by Crippen LogP contribution is 2.17. The van der Waals surface area contributed by atoms with Gasteiger partial charge in [0.05, 0.1) is 19.3 Å². The first-order chi connectivity index (χ1) is 11.6. The van der Waals surface area contributed by atoms with E-state index in [0.29, 0.717) is 19.6 Å². The number of nitrogens with zero attached hydrogens (tertiary/aromatic N) is 2. The summed E-state index contributed by atoms with van der Waals surface area (Å²) in [5, 5.41) is 23.8. The van der Waals surface area contributed by atoms with Crippen molar-refractivity contribution in [1.29, 1.82) is 0 Å². The van der Waals surface area contributed by atoms with E-state index in [1.807, 2.05) is 18.4 Å². The number of carbonyl (C=O) groups excluding carboxylic acids is 1. The number of aliphatic hydroxyl groups excluding tert-OH is 2. The van der Waals surface area contributed by atoms with Crippen molar-refractivity contribution < 1.29 is 15.0 Å². The Bertz CT molecular complexity index is 509. The normalized spacial score (nSPS) is 18.5. The van der Waals surface area contributed by atoms with Crippen LogP contribution in [0.5, 0.6) is 0 Å². The van der Waals surface area contributed by atoms with Gasteiger partial charge in [-0.2, -0.15) is 0 Å². The fourth-order valence-electron chi connectivity index (χ4n) is 2.96. The second kappa shape index (κ2) is 9.98. The maximum atomic E-state index is 12.3. The minimum Gasteiger partial charge on any atom is -0.395 e. The van der Waals surface area contributed by atoms with Crippen LogP contribution in [0.3, 0.4) is 0 Å². The third kappa shape index (κ3) is 6.05. The van der Waals surface area contributed by atoms with Crippen molar-refractivity contribution in [3.8, 4) is 0 Å². The lowest BCUT2D eigenvalue weighted by molar-refractivity contribution is 0.0701. The van der Waals surface area contributed by atoms with E-state index in [4.69, 9.17) is 0 Å². The van der Waals surface area contributed by atoms with Crippen LogP contribution in [0.15, 0.2) is 11.4 Å². The lowest BCUT2D eigenvalue weighted by Gasteiger charge is -2.30. The zero-order valence-electron chi connectivity index (χ0n) is 14.4. The molecule has 1 aliphatic heterocycles. The van der Waals surface area contributed by atoms with Crippen LogP contribution in [-0.2, 0) is 6.54 Å². The van der Waals surface area contributed by atoms with Gasteiger partial charge >= 0.3 is 6.03 Å². The third-order valence-electron chi connectivity index (χ3n) is 4.37. The topological polar surface area (TPSA) is 76.0 Å². The second-order valence-corrected chi connectivity index (χ2v) is 7.35. The van der Waals surface area contributed by atoms with Gasteiger partial charge in [0, 0.05) is 24.5 Å². The predicted molar refractivity (Wildman–Crippen MR) is 96.2 cm³/mol. The van der Waals surface area contributed by atoms with Gasteiger partial charge in [-0.15, -0.1) is 11.3 Å². The van der Waals surface area contributed by atoms with Crippen LogP contribution in [0.1, 0.15) is 29.7 Å². The number of amides is 2. The van der Waals surface area contributed by atoms with Gasteiger partial charge in [-0.25, -0.2) is 4.79 Å². The molecule has 1 fully saturated rings. The second-order valence-electron chi connectivity index (χ2n) is 6.35. The number of urea groups is 1. The minimum atomic E-state index is -0.206. The number of aryl methyl sites for hydroxylation is 1. The molecule has 1 aromatic heterocycles. The van der Waals surface area contributed by atoms with Crippen LogP contribution >= 0.6 is 11.3 Å². The number of thiophene rings is 1. The number of rotatable bonds is 8. The lowest BCUT2D eigenvalue weighted by atomic mass is 10.1. The number of β-amino-alcohol motifs (C(OH)–C–C–N with tert-alkyl or cyclic N) is 1. The first-order valence-corrected chi connectivity index (χ1v) is 9.55. The zero-order valence-corrected chi connectivity index (χ0v) is 15.2. The Hall–Kier alpha value is -1.15. The van der Waals surface area contributed by atoms with Gasteiger partial charge in [-0.3, -0.25) is 0 Å². The molecule has 3 N–H and O–H groups in total. The summed E-state index contributed by atoms with van der Waals surface area (Å²) in [5.41, 5.74) is 1.18. The van der Waals surface area contributed by atoms with Crippen molar-refractivity contribution in [3.63, 3.8) is 0 Å². The summed E-state index contributed by atoms with van der Waals surface area (Å²) in [4.78, 5) is 17.4. The Morgan fingerprint density at radius 2 is 2.38 bits per heavy atom. The van der Waals surface area contributed by atoms with Crippen LogP contribution in [0.2, 0.25) is 0 Å². The molecule has 0 saturated carbocycles. The van der Waals surface area contributed by atoms with Gasteiger partial charge in [-0.05, 0) is 56.3 Å². The van der Waals surface area contributed by atoms with Crippen LogP contribution in [-0.4, -0.2) is 71.5 Å². The number of nitrogens with one attached hydrogen (secondary N) is 1. The van der Waals surface area contributed by atoms with Crippen LogP contribution in [0.4, 0.5) is 4.79 Å². The summed E-state index contributed by atoms with van der Waals surface area (Å²) < 4.78 is 0. The smallest absolute Gasteiger partial charge is 0.317 e. The van der Waals surface area contributed by atoms with Gasteiger partial charge < -0.3 is 25.3 Å². The van der Waals surface area contributed by atoms with E-state index in [9.17, 15) is 15.0 Å². The highest BCUT2D eigenvalue weighted by Gasteiger charge is 2.18. The molecule has 0 aliphatic carbocycles. The van der Waals surface area contributed by atoms with Crippen molar-refractivity contribution in [1.82, 2.24) is 15.1 Å². The molecular weight excluding hydrogens is 326 g/mol. The molecule has 7 heteroatoms. The van der Waals surface area contributed by atoms with Crippen molar-refractivity contribution in [2.24, 2.45) is 0 Å². The molecule has 1 aromatic rings. The van der Waals surface area contributed by atoms with Gasteiger partial charge in [0.2, 0.25) is 0 Å². The van der Waals surface area contributed by atoms with E-state index < -0.39 is 0 Å². The molecule has 0 bridgehead atoms. The Kier molecular flexibility index (Phi) is 7.98. The van der Waals surface area contributed by atoms with Crippen LogP contribution in [0.25, 0.3) is 0 Å². The summed E-state index contributed by atoms with van der Waals surface area (Å²) in [6.45, 7) is 6.13. The standard InChI is InChI=1S/C17H29N3O3S/c1-14-5-11-24-16(14)13-20(9-10-21)17(23)18-6-3-8-19-7-2-4-15(22)12-19/h5,11,15,21-22H,2-4,6-10,12-13H2,1H3,(H,18,23)/t15-/m1/s1. The molecule has 2 amide bonds. The van der Waals surface area contributed by atoms with Crippen LogP contribution < -0.4 is 5.32 Å². The number of piperidine rings is 1. The van der Waals surface area contributed by atoms with E-state index in [2.05, 4.69) is 10.2 Å². The predicted octanol–water partition coefficient (Wildman–Crippen LogP) is 1.41. The molecule has 0 unspecified atom stereocenters. The third-order valence-corrected chi connectivity index (χ3v) is 5.38. The number of hydrogen-bond donors (Lipinski definition) is 3. The van der Waals surface area contributed by atoms with E-state index in [1.54, 1.807) is 16.2 Å². The molecule has 6 nitrogen and oxygen atoms in total. The SMILES string of the molecule is Cc1ccsc1CN(CCO)C(=O)NCCCN1CCC[C@@H](O)C1. The molecule has 2 heterocycles. The summed E-state index contributed by atoms with van der Waals surface area (Å²) in [5.74, 6) is 0. The average Bonchev–Trinajstić information content (AvgIpc) is 2.96. The highest BCUT2D eigenvalue weighted by atomic mass is 32.1. The number of hydrogen-bond acceptors (Lipinski definition) is 5. The van der Waals surface area contributed by atoms with E-state index in [1.165, 1.54) is 5.56 Å². The van der Waals surface area contributed by atoms with Gasteiger partial charge in [0.15, 0.2) is 0 Å². The molecule has 0 radical (unpaired) electrons. The molecule has 0 spiro atoms. The molecule has 24 heavy (non-hydrogen) atoms. The van der Waals surface area contributed by atoms with E-state index >= 15 is 0 Å². The Balaban J connectivity index is 1.71. The maximum Gasteiger partial charge on any atom is 0.317 e. The van der Waals surface area contributed by atoms with Crippen molar-refractivity contribution >= 4 is 17.4 Å². The fourth-order valence-corrected chi connectivity index (χ4v) is 3.88. The first-order valence-electron chi connectivity index (χ1n) is 8.67. The van der Waals surface area contributed by atoms with Gasteiger partial charge in [0.1, 0.15) is 0 Å². The molecular formula is C17H29N3O3S. The first kappa shape index (κ1) is 19.2. The Morgan fingerprint density at radius 1 is 1.54 bits per heavy atom. The van der Waals surface area contributed by atoms with Crippen molar-refractivity contribution in [2.45, 2.75) is 38.8 Å². The molecule has 2 rings (SSSR count). The zero-order chi connectivity index (χ0) is 17.4. The Morgan fingerprint density at radius 3 is 3.04 bits per heavy atom. The van der Waals surface area contributed by atoms with Gasteiger partial charge in [-0.1, -0.05) is 0 Å². The van der Waals surface area contributed by atoms with Crippen molar-refractivity contribution in [2.75, 3.05) is 39.3 Å². The van der Waals surface area contributed by atoms with E-state index in [0.717, 1.165) is 43.8 Å². The molecule has 1 atom stereocenters. The van der Waals surface area contributed by atoms with E-state index in [-0.39, 0.29) is 18.7 Å². The van der Waals surface area contributed by atoms with Crippen LogP contribution in [0, 0.1) is 6.92 Å². The molecule has 136 valence electrons. The highest BCUT2D eigenvalue weighted by molar-refractivity contribution is 7.10. The monoisotopic (exact) mass is 355 g/mol.